The Hall–Kier alpha value is -10.4. The van der Waals surface area contributed by atoms with E-state index in [1.165, 1.54) is 247 Å². The molecule has 0 saturated heterocycles. The van der Waals surface area contributed by atoms with Crippen LogP contribution < -0.4 is 0 Å². The van der Waals surface area contributed by atoms with E-state index >= 15 is 0 Å². The predicted molar refractivity (Wildman–Crippen MR) is 399 cm³/mol. The molecule has 0 unspecified atom stereocenters. The van der Waals surface area contributed by atoms with Gasteiger partial charge in [0.15, 0.2) is 0 Å². The van der Waals surface area contributed by atoms with Crippen molar-refractivity contribution < 1.29 is 0 Å². The van der Waals surface area contributed by atoms with Crippen LogP contribution in [-0.4, -0.2) is 5.87 Å². The van der Waals surface area contributed by atoms with Gasteiger partial charge in [-0.25, -0.2) is 0 Å². The highest BCUT2D eigenvalue weighted by molar-refractivity contribution is 6.61. The van der Waals surface area contributed by atoms with Crippen molar-refractivity contribution in [3.8, 4) is 61.7 Å². The number of aryl methyl sites for hydroxylation is 15. The molecular weight excluding hydrogens is 1110 g/mol. The molecule has 0 aliphatic rings. The first-order valence-corrected chi connectivity index (χ1v) is 32.7. The van der Waals surface area contributed by atoms with Crippen molar-refractivity contribution in [3.05, 3.63) is 222 Å². The molecule has 0 fully saturated rings. The minimum absolute atomic E-state index is 0.220. The third-order valence-electron chi connectivity index (χ3n) is 21.9. The Labute approximate surface area is 536 Å². The monoisotopic (exact) mass is 1180 g/mol. The molecule has 438 valence electrons. The lowest BCUT2D eigenvalue weighted by atomic mass is 9.71. The highest BCUT2D eigenvalue weighted by atomic mass is 14.4. The van der Waals surface area contributed by atoms with Crippen LogP contribution in [0.1, 0.15) is 89.0 Å². The van der Waals surface area contributed by atoms with E-state index in [1.54, 1.807) is 0 Å². The molecule has 0 amide bonds. The van der Waals surface area contributed by atoms with Gasteiger partial charge in [0.2, 0.25) is 0 Å². The molecule has 18 rings (SSSR count). The molecule has 0 aliphatic heterocycles. The van der Waals surface area contributed by atoms with E-state index in [2.05, 4.69) is 249 Å². The van der Waals surface area contributed by atoms with E-state index in [-0.39, 0.29) is 5.57 Å². The van der Waals surface area contributed by atoms with Crippen LogP contribution in [0.25, 0.3) is 190 Å². The summed E-state index contributed by atoms with van der Waals surface area (Å²) in [4.78, 5) is 0. The molecule has 0 saturated carbocycles. The van der Waals surface area contributed by atoms with Crippen LogP contribution in [0.3, 0.4) is 0 Å². The number of hydrogen-bond donors (Lipinski definition) is 1. The number of allylic oxidation sites excluding steroid dienone is 1. The predicted octanol–water partition coefficient (Wildman–Crippen LogP) is 25.3. The van der Waals surface area contributed by atoms with Crippen molar-refractivity contribution in [1.29, 1.82) is 10.7 Å². The Morgan fingerprint density at radius 2 is 0.380 bits per heavy atom. The fourth-order valence-corrected chi connectivity index (χ4v) is 19.5. The zero-order valence-electron chi connectivity index (χ0n) is 55.1. The maximum atomic E-state index is 11.1. The van der Waals surface area contributed by atoms with Gasteiger partial charge in [-0.05, 0) is 423 Å². The van der Waals surface area contributed by atoms with Gasteiger partial charge in [-0.2, -0.15) is 5.26 Å². The molecule has 18 aromatic carbocycles. The van der Waals surface area contributed by atoms with E-state index in [4.69, 9.17) is 5.41 Å². The van der Waals surface area contributed by atoms with Crippen molar-refractivity contribution in [3.63, 3.8) is 0 Å². The summed E-state index contributed by atoms with van der Waals surface area (Å²) in [6, 6.07) is 56.1. The summed E-state index contributed by atoms with van der Waals surface area (Å²) in [5.74, 6) is 2.65. The first-order chi connectivity index (χ1) is 44.2. The Kier molecular flexibility index (Phi) is 10.9. The number of rotatable bonds is 6. The molecular formula is C90H68N2. The van der Waals surface area contributed by atoms with Crippen LogP contribution in [-0.2, 0) is 0 Å². The summed E-state index contributed by atoms with van der Waals surface area (Å²) in [5.41, 5.74) is 32.2. The lowest BCUT2D eigenvalue weighted by Crippen LogP contribution is -2.03. The van der Waals surface area contributed by atoms with E-state index in [0.717, 1.165) is 21.5 Å². The Morgan fingerprint density at radius 3 is 0.522 bits per heavy atom. The second kappa shape index (κ2) is 18.4. The Bertz CT molecular complexity index is 6070. The quantitative estimate of drug-likeness (QED) is 0.0767. The Balaban J connectivity index is 1.21. The molecule has 1 N–H and O–H groups in total. The highest BCUT2D eigenvalue weighted by Gasteiger charge is 2.34. The van der Waals surface area contributed by atoms with Gasteiger partial charge in [-0.15, -0.1) is 0 Å². The smallest absolute Gasteiger partial charge is 0.120 e. The van der Waals surface area contributed by atoms with Crippen LogP contribution in [0.2, 0.25) is 0 Å². The van der Waals surface area contributed by atoms with Crippen LogP contribution in [0, 0.1) is 121 Å². The van der Waals surface area contributed by atoms with Crippen molar-refractivity contribution >= 4 is 141 Å². The second-order valence-electron chi connectivity index (χ2n) is 28.4. The molecule has 0 aliphatic carbocycles. The molecule has 0 atom stereocenters. The van der Waals surface area contributed by atoms with E-state index in [1.807, 2.05) is 0 Å². The SMILES string of the molecule is Cc1cc(C)c(-c2cc3c4cc(C(=C=N)C#N)cc5c6cc(-c7c(C)cc(C)cc7C)cc7c8cc(-c9c(C)cc(C)cc9C)cc9c%10cc(-c%11c(C)cc(C)cc%11C)cc%11c%12cc(-c%13c(C)cc(C)cc%13C)cc%13c(c2)c3c2c(c45)c(c67)c(c89)c(c%11%10)c2c%13%12)c(C)c1. The third-order valence-corrected chi connectivity index (χ3v) is 21.9. The van der Waals surface area contributed by atoms with Gasteiger partial charge in [0.25, 0.3) is 0 Å². The summed E-state index contributed by atoms with van der Waals surface area (Å²) >= 11 is 0. The van der Waals surface area contributed by atoms with E-state index in [0.29, 0.717) is 5.56 Å². The van der Waals surface area contributed by atoms with E-state index < -0.39 is 0 Å². The number of nitrogens with zero attached hydrogens (tertiary/aromatic N) is 1. The molecule has 0 spiro atoms. The maximum absolute atomic E-state index is 11.1. The van der Waals surface area contributed by atoms with Gasteiger partial charge in [0, 0.05) is 5.56 Å². The molecule has 2 heteroatoms. The summed E-state index contributed by atoms with van der Waals surface area (Å²) < 4.78 is 0. The lowest BCUT2D eigenvalue weighted by molar-refractivity contribution is 1.32. The number of nitrogens with one attached hydrogen (secondary N) is 1. The molecule has 92 heavy (non-hydrogen) atoms. The first-order valence-electron chi connectivity index (χ1n) is 32.7. The molecule has 18 aromatic rings. The fourth-order valence-electron chi connectivity index (χ4n) is 19.5. The average Bonchev–Trinajstić information content (AvgIpc) is 0.642. The zero-order valence-corrected chi connectivity index (χ0v) is 55.1. The summed E-state index contributed by atoms with van der Waals surface area (Å²) in [7, 11) is 0. The molecule has 0 radical (unpaired) electrons. The van der Waals surface area contributed by atoms with Crippen molar-refractivity contribution in [2.75, 3.05) is 0 Å². The molecule has 0 aromatic heterocycles. The normalized spacial score (nSPS) is 12.5. The second-order valence-corrected chi connectivity index (χ2v) is 28.4. The number of benzene rings is 18. The highest BCUT2D eigenvalue weighted by Crippen LogP contribution is 2.63. The van der Waals surface area contributed by atoms with Gasteiger partial charge in [-0.1, -0.05) is 88.5 Å². The summed E-state index contributed by atoms with van der Waals surface area (Å²) in [6.45, 7) is 34.0. The maximum Gasteiger partial charge on any atom is 0.120 e. The molecule has 0 bridgehead atoms. The topological polar surface area (TPSA) is 47.6 Å². The summed E-state index contributed by atoms with van der Waals surface area (Å²) in [5, 5.41) is 50.0. The number of nitriles is 1. The summed E-state index contributed by atoms with van der Waals surface area (Å²) in [6.07, 6.45) is 0. The third kappa shape index (κ3) is 6.97. The van der Waals surface area contributed by atoms with Crippen molar-refractivity contribution in [1.82, 2.24) is 0 Å². The molecule has 0 heterocycles. The number of hydrogen-bond acceptors (Lipinski definition) is 2. The Morgan fingerprint density at radius 1 is 0.228 bits per heavy atom. The minimum Gasteiger partial charge on any atom is -0.258 e. The van der Waals surface area contributed by atoms with Gasteiger partial charge in [0.1, 0.15) is 11.6 Å². The standard InChI is InChI=1S/C90H68N2/c1-40-16-45(6)74(46(7)17-40)56-28-64-62-26-55(61(38-91)39-92)27-63-65-29-57(75-47(8)18-41(2)19-48(75)9)31-67-69-33-59(77-51(12)22-43(4)23-52(77)13)35-71-73-37-60(78-53(14)24-44(5)25-54(78)15)36-72-70-34-58(76-49(10)20-42(3)21-50(76)11)32-68-66(30-56)80(64)86-85(79(62)63)87(81(65)67)89(83(69)71)90(84(72)73)88(86)82(68)70/h16-37,91H,1-15H3. The average molecular weight is 1180 g/mol. The fraction of sp³-hybridized carbons (Fsp3) is 0.167. The minimum atomic E-state index is 0.220. The molecule has 2 nitrogen and oxygen atoms in total. The zero-order chi connectivity index (χ0) is 63.4. The first kappa shape index (κ1) is 54.5. The van der Waals surface area contributed by atoms with Gasteiger partial charge in [0.05, 0.1) is 0 Å². The largest absolute Gasteiger partial charge is 0.258 e. The van der Waals surface area contributed by atoms with Crippen LogP contribution in [0.4, 0.5) is 0 Å². The number of fused-ring (bicyclic) bond motifs is 6. The van der Waals surface area contributed by atoms with Gasteiger partial charge in [-0.3, -0.25) is 5.41 Å². The van der Waals surface area contributed by atoms with Crippen molar-refractivity contribution in [2.45, 2.75) is 104 Å². The van der Waals surface area contributed by atoms with Crippen molar-refractivity contribution in [2.24, 2.45) is 0 Å². The van der Waals surface area contributed by atoms with Crippen LogP contribution in [0.5, 0.6) is 0 Å². The van der Waals surface area contributed by atoms with Crippen LogP contribution in [0.15, 0.2) is 133 Å². The van der Waals surface area contributed by atoms with Gasteiger partial charge >= 0.3 is 0 Å². The van der Waals surface area contributed by atoms with E-state index in [9.17, 15) is 5.26 Å². The van der Waals surface area contributed by atoms with Crippen LogP contribution >= 0.6 is 0 Å². The van der Waals surface area contributed by atoms with Gasteiger partial charge < -0.3 is 0 Å². The lowest BCUT2D eigenvalue weighted by Gasteiger charge is -2.31.